The van der Waals surface area contributed by atoms with Crippen molar-refractivity contribution < 1.29 is 9.47 Å². The highest BCUT2D eigenvalue weighted by molar-refractivity contribution is 5.99. The number of nitrogens with one attached hydrogen (secondary N) is 1. The maximum Gasteiger partial charge on any atom is 0.231 e. The quantitative estimate of drug-likeness (QED) is 0.621. The molecule has 7 nitrogen and oxygen atoms in total. The van der Waals surface area contributed by atoms with Crippen LogP contribution in [0, 0.1) is 0 Å². The van der Waals surface area contributed by atoms with Gasteiger partial charge in [-0.25, -0.2) is 9.97 Å². The highest BCUT2D eigenvalue weighted by Crippen LogP contribution is 2.33. The third-order valence-electron chi connectivity index (χ3n) is 4.27. The molecule has 7 heteroatoms. The number of nitrogens with zero attached hydrogens (tertiary/aromatic N) is 4. The standard InChI is InChI=1S/C18H15N5O2/c1-23-8-12-5-13-15(6-14(12)22-23)20-9-21-18(13)19-7-11-2-3-16-17(4-11)25-10-24-16/h2-6,8-9H,7,10H2,1H3,(H,19,20,21). The van der Waals surface area contributed by atoms with Crippen molar-refractivity contribution in [2.45, 2.75) is 6.54 Å². The molecule has 0 atom stereocenters. The maximum absolute atomic E-state index is 5.43. The van der Waals surface area contributed by atoms with Crippen LogP contribution in [0.5, 0.6) is 11.5 Å². The Morgan fingerprint density at radius 1 is 1.08 bits per heavy atom. The van der Waals surface area contributed by atoms with E-state index in [4.69, 9.17) is 9.47 Å². The van der Waals surface area contributed by atoms with Crippen LogP contribution in [0.4, 0.5) is 5.82 Å². The van der Waals surface area contributed by atoms with Crippen LogP contribution in [-0.2, 0) is 13.6 Å². The Balaban J connectivity index is 1.48. The molecule has 25 heavy (non-hydrogen) atoms. The normalized spacial score (nSPS) is 12.8. The van der Waals surface area contributed by atoms with E-state index in [2.05, 4.69) is 26.4 Å². The Kier molecular flexibility index (Phi) is 3.00. The van der Waals surface area contributed by atoms with Crippen molar-refractivity contribution in [3.63, 3.8) is 0 Å². The van der Waals surface area contributed by atoms with E-state index in [-0.39, 0.29) is 6.79 Å². The average molecular weight is 333 g/mol. The van der Waals surface area contributed by atoms with E-state index in [1.54, 1.807) is 11.0 Å². The number of benzene rings is 2. The minimum absolute atomic E-state index is 0.282. The fraction of sp³-hybridized carbons (Fsp3) is 0.167. The maximum atomic E-state index is 5.43. The molecule has 124 valence electrons. The average Bonchev–Trinajstić information content (AvgIpc) is 3.22. The van der Waals surface area contributed by atoms with Crippen LogP contribution in [0.3, 0.4) is 0 Å². The molecular formula is C18H15N5O2. The third kappa shape index (κ3) is 2.40. The molecule has 0 fully saturated rings. The van der Waals surface area contributed by atoms with Gasteiger partial charge in [0.15, 0.2) is 11.5 Å². The first-order valence-corrected chi connectivity index (χ1v) is 7.97. The van der Waals surface area contributed by atoms with Crippen molar-refractivity contribution in [3.05, 3.63) is 48.4 Å². The molecule has 0 saturated carbocycles. The van der Waals surface area contributed by atoms with E-state index in [1.165, 1.54) is 0 Å². The first kappa shape index (κ1) is 14.0. The molecule has 0 spiro atoms. The molecule has 1 aliphatic rings. The summed E-state index contributed by atoms with van der Waals surface area (Å²) >= 11 is 0. The van der Waals surface area contributed by atoms with E-state index in [9.17, 15) is 0 Å². The monoisotopic (exact) mass is 333 g/mol. The van der Waals surface area contributed by atoms with Gasteiger partial charge in [-0.1, -0.05) is 6.07 Å². The molecule has 0 radical (unpaired) electrons. The van der Waals surface area contributed by atoms with Gasteiger partial charge in [-0.3, -0.25) is 4.68 Å². The van der Waals surface area contributed by atoms with Gasteiger partial charge in [0.2, 0.25) is 6.79 Å². The number of aromatic nitrogens is 4. The van der Waals surface area contributed by atoms with Crippen LogP contribution >= 0.6 is 0 Å². The molecule has 5 rings (SSSR count). The smallest absolute Gasteiger partial charge is 0.231 e. The minimum atomic E-state index is 0.282. The molecular weight excluding hydrogens is 318 g/mol. The Morgan fingerprint density at radius 2 is 2.00 bits per heavy atom. The topological polar surface area (TPSA) is 74.1 Å². The van der Waals surface area contributed by atoms with Crippen LogP contribution < -0.4 is 14.8 Å². The van der Waals surface area contributed by atoms with Crippen molar-refractivity contribution in [2.75, 3.05) is 12.1 Å². The third-order valence-corrected chi connectivity index (χ3v) is 4.27. The molecule has 0 amide bonds. The highest BCUT2D eigenvalue weighted by Gasteiger charge is 2.13. The summed E-state index contributed by atoms with van der Waals surface area (Å²) in [5.41, 5.74) is 2.89. The number of ether oxygens (including phenoxy) is 2. The number of hydrogen-bond donors (Lipinski definition) is 1. The fourth-order valence-corrected chi connectivity index (χ4v) is 3.08. The second-order valence-corrected chi connectivity index (χ2v) is 5.99. The van der Waals surface area contributed by atoms with Crippen molar-refractivity contribution >= 4 is 27.6 Å². The molecule has 1 N–H and O–H groups in total. The molecule has 4 aromatic rings. The number of fused-ring (bicyclic) bond motifs is 3. The van der Waals surface area contributed by atoms with Crippen LogP contribution in [0.15, 0.2) is 42.9 Å². The lowest BCUT2D eigenvalue weighted by molar-refractivity contribution is 0.174. The van der Waals surface area contributed by atoms with Gasteiger partial charge in [0.25, 0.3) is 0 Å². The molecule has 3 heterocycles. The molecule has 0 unspecified atom stereocenters. The van der Waals surface area contributed by atoms with Gasteiger partial charge in [-0.15, -0.1) is 0 Å². The van der Waals surface area contributed by atoms with E-state index < -0.39 is 0 Å². The van der Waals surface area contributed by atoms with Crippen molar-refractivity contribution in [1.82, 2.24) is 19.7 Å². The lowest BCUT2D eigenvalue weighted by atomic mass is 10.1. The van der Waals surface area contributed by atoms with E-state index in [0.717, 1.165) is 44.7 Å². The zero-order valence-corrected chi connectivity index (χ0v) is 13.6. The summed E-state index contributed by atoms with van der Waals surface area (Å²) in [6.07, 6.45) is 3.56. The largest absolute Gasteiger partial charge is 0.454 e. The number of rotatable bonds is 3. The lowest BCUT2D eigenvalue weighted by Gasteiger charge is -2.09. The predicted molar refractivity (Wildman–Crippen MR) is 93.7 cm³/mol. The van der Waals surface area contributed by atoms with Gasteiger partial charge in [0.05, 0.1) is 11.0 Å². The SMILES string of the molecule is Cn1cc2cc3c(NCc4ccc5c(c4)OCO5)ncnc3cc2n1. The Hall–Kier alpha value is -3.35. The van der Waals surface area contributed by atoms with Gasteiger partial charge in [0.1, 0.15) is 12.1 Å². The first-order chi connectivity index (χ1) is 12.3. The summed E-state index contributed by atoms with van der Waals surface area (Å²) in [5.74, 6) is 2.37. The van der Waals surface area contributed by atoms with Crippen LogP contribution in [-0.4, -0.2) is 26.5 Å². The number of hydrogen-bond acceptors (Lipinski definition) is 6. The summed E-state index contributed by atoms with van der Waals surface area (Å²) < 4.78 is 12.6. The zero-order valence-electron chi connectivity index (χ0n) is 13.6. The van der Waals surface area contributed by atoms with Crippen LogP contribution in [0.1, 0.15) is 5.56 Å². The summed E-state index contributed by atoms with van der Waals surface area (Å²) in [4.78, 5) is 8.77. The Bertz CT molecular complexity index is 1110. The van der Waals surface area contributed by atoms with Crippen molar-refractivity contribution in [1.29, 1.82) is 0 Å². The summed E-state index contributed by atoms with van der Waals surface area (Å²) in [6, 6.07) is 9.98. The minimum Gasteiger partial charge on any atom is -0.454 e. The fourth-order valence-electron chi connectivity index (χ4n) is 3.08. The summed E-state index contributed by atoms with van der Waals surface area (Å²) in [7, 11) is 1.91. The van der Waals surface area contributed by atoms with Gasteiger partial charge in [0, 0.05) is 30.6 Å². The highest BCUT2D eigenvalue weighted by atomic mass is 16.7. The second-order valence-electron chi connectivity index (χ2n) is 5.99. The first-order valence-electron chi connectivity index (χ1n) is 7.97. The van der Waals surface area contributed by atoms with E-state index >= 15 is 0 Å². The molecule has 2 aromatic carbocycles. The van der Waals surface area contributed by atoms with E-state index in [1.807, 2.05) is 37.5 Å². The second kappa shape index (κ2) is 5.34. The van der Waals surface area contributed by atoms with Crippen LogP contribution in [0.25, 0.3) is 21.8 Å². The van der Waals surface area contributed by atoms with E-state index in [0.29, 0.717) is 6.54 Å². The Labute approximate surface area is 143 Å². The van der Waals surface area contributed by atoms with Gasteiger partial charge in [-0.05, 0) is 29.8 Å². The van der Waals surface area contributed by atoms with Crippen molar-refractivity contribution in [3.8, 4) is 11.5 Å². The summed E-state index contributed by atoms with van der Waals surface area (Å²) in [5, 5.41) is 9.86. The number of anilines is 1. The van der Waals surface area contributed by atoms with Gasteiger partial charge in [-0.2, -0.15) is 5.10 Å². The predicted octanol–water partition coefficient (Wildman–Crippen LogP) is 2.86. The molecule has 0 bridgehead atoms. The van der Waals surface area contributed by atoms with Gasteiger partial charge >= 0.3 is 0 Å². The lowest BCUT2D eigenvalue weighted by Crippen LogP contribution is -2.02. The van der Waals surface area contributed by atoms with Crippen LogP contribution in [0.2, 0.25) is 0 Å². The molecule has 2 aromatic heterocycles. The Morgan fingerprint density at radius 3 is 2.96 bits per heavy atom. The zero-order chi connectivity index (χ0) is 16.8. The number of aryl methyl sites for hydroxylation is 1. The molecule has 1 aliphatic heterocycles. The summed E-state index contributed by atoms with van der Waals surface area (Å²) in [6.45, 7) is 0.914. The van der Waals surface area contributed by atoms with Crippen molar-refractivity contribution in [2.24, 2.45) is 7.05 Å². The molecule has 0 aliphatic carbocycles. The van der Waals surface area contributed by atoms with Gasteiger partial charge < -0.3 is 14.8 Å². The molecule has 0 saturated heterocycles.